The second-order valence-corrected chi connectivity index (χ2v) is 7.56. The van der Waals surface area contributed by atoms with Gasteiger partial charge in [-0.2, -0.15) is 0 Å². The first kappa shape index (κ1) is 18.5. The summed E-state index contributed by atoms with van der Waals surface area (Å²) in [6, 6.07) is 7.49. The number of ether oxygens (including phenoxy) is 1. The number of rotatable bonds is 5. The summed E-state index contributed by atoms with van der Waals surface area (Å²) in [6.45, 7) is 1.33. The molecule has 0 spiro atoms. The van der Waals surface area contributed by atoms with E-state index in [-0.39, 0.29) is 17.9 Å². The summed E-state index contributed by atoms with van der Waals surface area (Å²) in [6.07, 6.45) is 5.42. The summed E-state index contributed by atoms with van der Waals surface area (Å²) in [4.78, 5) is 30.9. The predicted octanol–water partition coefficient (Wildman–Crippen LogP) is 3.40. The van der Waals surface area contributed by atoms with Crippen LogP contribution in [-0.2, 0) is 16.0 Å². The molecule has 1 aliphatic heterocycles. The van der Waals surface area contributed by atoms with Gasteiger partial charge in [-0.3, -0.25) is 4.79 Å². The molecule has 0 saturated carbocycles. The van der Waals surface area contributed by atoms with Crippen LogP contribution in [0, 0.1) is 0 Å². The molecule has 0 radical (unpaired) electrons. The number of aromatic nitrogens is 2. The van der Waals surface area contributed by atoms with Gasteiger partial charge in [-0.25, -0.2) is 9.78 Å². The van der Waals surface area contributed by atoms with Gasteiger partial charge in [-0.15, -0.1) is 11.3 Å². The molecule has 1 saturated heterocycles. The molecule has 7 nitrogen and oxygen atoms in total. The number of esters is 1. The van der Waals surface area contributed by atoms with Crippen LogP contribution in [0.2, 0.25) is 0 Å². The van der Waals surface area contributed by atoms with E-state index in [1.54, 1.807) is 12.3 Å². The molecule has 0 bridgehead atoms. The number of carbonyl (C=O) groups excluding carboxylic acids is 2. The van der Waals surface area contributed by atoms with Gasteiger partial charge in [0.15, 0.2) is 10.8 Å². The van der Waals surface area contributed by atoms with Crippen LogP contribution in [0.5, 0.6) is 0 Å². The van der Waals surface area contributed by atoms with Gasteiger partial charge >= 0.3 is 5.97 Å². The molecule has 8 heteroatoms. The highest BCUT2D eigenvalue weighted by Gasteiger charge is 2.26. The van der Waals surface area contributed by atoms with E-state index in [0.717, 1.165) is 29.3 Å². The number of methoxy groups -OCH3 is 1. The van der Waals surface area contributed by atoms with E-state index in [2.05, 4.69) is 4.98 Å². The van der Waals surface area contributed by atoms with E-state index in [1.165, 1.54) is 18.4 Å². The van der Waals surface area contributed by atoms with E-state index < -0.39 is 0 Å². The van der Waals surface area contributed by atoms with Crippen LogP contribution in [0.4, 0.5) is 0 Å². The molecule has 1 fully saturated rings. The SMILES string of the molecule is COC(=O)c1cccn1C1CCN(C(=O)Cc2csc(-c3ccco3)n2)CC1. The Morgan fingerprint density at radius 1 is 1.29 bits per heavy atom. The molecule has 3 aromatic rings. The van der Waals surface area contributed by atoms with Gasteiger partial charge in [-0.05, 0) is 37.1 Å². The lowest BCUT2D eigenvalue weighted by molar-refractivity contribution is -0.131. The third kappa shape index (κ3) is 3.73. The number of furan rings is 1. The lowest BCUT2D eigenvalue weighted by Crippen LogP contribution is -2.40. The predicted molar refractivity (Wildman–Crippen MR) is 104 cm³/mol. The Labute approximate surface area is 166 Å². The number of nitrogens with zero attached hydrogens (tertiary/aromatic N) is 3. The second kappa shape index (κ2) is 8.02. The number of carbonyl (C=O) groups is 2. The average molecular weight is 399 g/mol. The van der Waals surface area contributed by atoms with Crippen molar-refractivity contribution < 1.29 is 18.7 Å². The summed E-state index contributed by atoms with van der Waals surface area (Å²) >= 11 is 1.48. The standard InChI is InChI=1S/C20H21N3O4S/c1-26-20(25)16-4-2-8-23(16)15-6-9-22(10-7-15)18(24)12-14-13-28-19(21-14)17-5-3-11-27-17/h2-5,8,11,13,15H,6-7,9-10,12H2,1H3. The molecule has 4 rings (SSSR count). The first-order valence-electron chi connectivity index (χ1n) is 9.17. The van der Waals surface area contributed by atoms with Crippen molar-refractivity contribution in [2.24, 2.45) is 0 Å². The van der Waals surface area contributed by atoms with E-state index in [1.807, 2.05) is 39.2 Å². The highest BCUT2D eigenvalue weighted by molar-refractivity contribution is 7.13. The number of amides is 1. The van der Waals surface area contributed by atoms with Crippen LogP contribution < -0.4 is 0 Å². The summed E-state index contributed by atoms with van der Waals surface area (Å²) < 4.78 is 12.2. The molecule has 3 aromatic heterocycles. The minimum Gasteiger partial charge on any atom is -0.464 e. The topological polar surface area (TPSA) is 77.6 Å². The van der Waals surface area contributed by atoms with Gasteiger partial charge in [0.25, 0.3) is 0 Å². The smallest absolute Gasteiger partial charge is 0.354 e. The zero-order chi connectivity index (χ0) is 19.5. The van der Waals surface area contributed by atoms with Crippen molar-refractivity contribution in [2.75, 3.05) is 20.2 Å². The quantitative estimate of drug-likeness (QED) is 0.615. The molecule has 1 amide bonds. The van der Waals surface area contributed by atoms with Crippen LogP contribution in [-0.4, -0.2) is 46.5 Å². The Morgan fingerprint density at radius 2 is 2.11 bits per heavy atom. The molecule has 0 aromatic carbocycles. The van der Waals surface area contributed by atoms with Gasteiger partial charge in [0.2, 0.25) is 5.91 Å². The average Bonchev–Trinajstić information content (AvgIpc) is 3.48. The van der Waals surface area contributed by atoms with Gasteiger partial charge in [0.05, 0.1) is 25.5 Å². The van der Waals surface area contributed by atoms with Gasteiger partial charge < -0.3 is 18.6 Å². The van der Waals surface area contributed by atoms with Crippen molar-refractivity contribution in [3.63, 3.8) is 0 Å². The minimum atomic E-state index is -0.334. The van der Waals surface area contributed by atoms with Gasteiger partial charge in [0.1, 0.15) is 5.69 Å². The fourth-order valence-electron chi connectivity index (χ4n) is 3.55. The number of thiazole rings is 1. The molecule has 1 aliphatic rings. The maximum Gasteiger partial charge on any atom is 0.354 e. The molecule has 0 aliphatic carbocycles. The number of hydrogen-bond acceptors (Lipinski definition) is 6. The van der Waals surface area contributed by atoms with Gasteiger partial charge in [0, 0.05) is 30.7 Å². The van der Waals surface area contributed by atoms with Crippen molar-refractivity contribution in [1.29, 1.82) is 0 Å². The zero-order valence-electron chi connectivity index (χ0n) is 15.5. The normalized spacial score (nSPS) is 15.0. The van der Waals surface area contributed by atoms with E-state index in [4.69, 9.17) is 9.15 Å². The van der Waals surface area contributed by atoms with Crippen molar-refractivity contribution in [3.8, 4) is 10.8 Å². The van der Waals surface area contributed by atoms with Crippen molar-refractivity contribution in [2.45, 2.75) is 25.3 Å². The van der Waals surface area contributed by atoms with Crippen LogP contribution in [0.25, 0.3) is 10.8 Å². The molecule has 28 heavy (non-hydrogen) atoms. The molecule has 0 N–H and O–H groups in total. The summed E-state index contributed by atoms with van der Waals surface area (Å²) in [5, 5.41) is 2.69. The second-order valence-electron chi connectivity index (χ2n) is 6.70. The van der Waals surface area contributed by atoms with Crippen molar-refractivity contribution >= 4 is 23.2 Å². The Morgan fingerprint density at radius 3 is 2.82 bits per heavy atom. The Balaban J connectivity index is 1.34. The van der Waals surface area contributed by atoms with E-state index in [0.29, 0.717) is 25.2 Å². The lowest BCUT2D eigenvalue weighted by Gasteiger charge is -2.33. The third-order valence-corrected chi connectivity index (χ3v) is 5.91. The fourth-order valence-corrected chi connectivity index (χ4v) is 4.34. The largest absolute Gasteiger partial charge is 0.464 e. The fraction of sp³-hybridized carbons (Fsp3) is 0.350. The van der Waals surface area contributed by atoms with Crippen LogP contribution >= 0.6 is 11.3 Å². The Bertz CT molecular complexity index is 952. The molecular weight excluding hydrogens is 378 g/mol. The molecule has 4 heterocycles. The molecular formula is C20H21N3O4S. The third-order valence-electron chi connectivity index (χ3n) is 5.00. The van der Waals surface area contributed by atoms with Crippen molar-refractivity contribution in [3.05, 3.63) is 53.5 Å². The van der Waals surface area contributed by atoms with Crippen LogP contribution in [0.3, 0.4) is 0 Å². The van der Waals surface area contributed by atoms with Crippen LogP contribution in [0.1, 0.15) is 35.1 Å². The molecule has 0 atom stereocenters. The summed E-state index contributed by atoms with van der Waals surface area (Å²) in [5.41, 5.74) is 1.32. The monoisotopic (exact) mass is 399 g/mol. The van der Waals surface area contributed by atoms with E-state index in [9.17, 15) is 9.59 Å². The minimum absolute atomic E-state index is 0.0791. The Hall–Kier alpha value is -2.87. The van der Waals surface area contributed by atoms with E-state index >= 15 is 0 Å². The molecule has 0 unspecified atom stereocenters. The van der Waals surface area contributed by atoms with Crippen molar-refractivity contribution in [1.82, 2.24) is 14.5 Å². The summed E-state index contributed by atoms with van der Waals surface area (Å²) in [7, 11) is 1.39. The summed E-state index contributed by atoms with van der Waals surface area (Å²) in [5.74, 6) is 0.465. The maximum absolute atomic E-state index is 12.7. The number of piperidine rings is 1. The first-order valence-corrected chi connectivity index (χ1v) is 10.0. The number of hydrogen-bond donors (Lipinski definition) is 0. The first-order chi connectivity index (χ1) is 13.7. The molecule has 146 valence electrons. The Kier molecular flexibility index (Phi) is 5.29. The number of likely N-dealkylation sites (tertiary alicyclic amines) is 1. The highest BCUT2D eigenvalue weighted by Crippen LogP contribution is 2.27. The van der Waals surface area contributed by atoms with Crippen LogP contribution in [0.15, 0.2) is 46.5 Å². The lowest BCUT2D eigenvalue weighted by atomic mass is 10.0. The zero-order valence-corrected chi connectivity index (χ0v) is 16.4. The van der Waals surface area contributed by atoms with Gasteiger partial charge in [-0.1, -0.05) is 0 Å². The maximum atomic E-state index is 12.7. The highest BCUT2D eigenvalue weighted by atomic mass is 32.1.